The molecule has 4 nitrogen and oxygen atoms in total. The van der Waals surface area contributed by atoms with Crippen molar-refractivity contribution in [3.63, 3.8) is 0 Å². The Morgan fingerprint density at radius 2 is 1.94 bits per heavy atom. The smallest absolute Gasteiger partial charge is 0.277 e. The van der Waals surface area contributed by atoms with Crippen LogP contribution in [0.2, 0.25) is 0 Å². The predicted octanol–water partition coefficient (Wildman–Crippen LogP) is 0.805. The van der Waals surface area contributed by atoms with Crippen LogP contribution in [0.25, 0.3) is 0 Å². The SMILES string of the molecule is NCC(F)(F)CN1C(=O)Cc2ccccc2C1=O. The van der Waals surface area contributed by atoms with Crippen molar-refractivity contribution < 1.29 is 18.4 Å². The van der Waals surface area contributed by atoms with Crippen molar-refractivity contribution in [1.29, 1.82) is 0 Å². The summed E-state index contributed by atoms with van der Waals surface area (Å²) in [5.74, 6) is -4.56. The molecule has 0 aromatic heterocycles. The number of carbonyl (C=O) groups excluding carboxylic acids is 2. The minimum absolute atomic E-state index is 0.0391. The Balaban J connectivity index is 2.30. The number of amides is 2. The molecule has 0 spiro atoms. The third-order valence-corrected chi connectivity index (χ3v) is 2.82. The van der Waals surface area contributed by atoms with Gasteiger partial charge in [-0.05, 0) is 11.6 Å². The van der Waals surface area contributed by atoms with Gasteiger partial charge in [0.05, 0.1) is 19.5 Å². The highest BCUT2D eigenvalue weighted by molar-refractivity contribution is 6.09. The zero-order valence-corrected chi connectivity index (χ0v) is 9.53. The van der Waals surface area contributed by atoms with Gasteiger partial charge in [0.2, 0.25) is 5.91 Å². The molecule has 1 heterocycles. The summed E-state index contributed by atoms with van der Waals surface area (Å²) in [6, 6.07) is 6.50. The highest BCUT2D eigenvalue weighted by Crippen LogP contribution is 2.23. The van der Waals surface area contributed by atoms with Gasteiger partial charge in [-0.15, -0.1) is 0 Å². The van der Waals surface area contributed by atoms with E-state index in [0.717, 1.165) is 0 Å². The fourth-order valence-corrected chi connectivity index (χ4v) is 1.86. The van der Waals surface area contributed by atoms with E-state index in [1.807, 2.05) is 0 Å². The van der Waals surface area contributed by atoms with Crippen molar-refractivity contribution in [1.82, 2.24) is 4.90 Å². The number of carbonyl (C=O) groups is 2. The molecule has 18 heavy (non-hydrogen) atoms. The average molecular weight is 254 g/mol. The van der Waals surface area contributed by atoms with Crippen LogP contribution in [0, 0.1) is 0 Å². The summed E-state index contributed by atoms with van der Waals surface area (Å²) in [7, 11) is 0. The van der Waals surface area contributed by atoms with Crippen LogP contribution in [-0.4, -0.2) is 35.7 Å². The molecule has 0 atom stereocenters. The fourth-order valence-electron chi connectivity index (χ4n) is 1.86. The van der Waals surface area contributed by atoms with Crippen molar-refractivity contribution >= 4 is 11.8 Å². The zero-order chi connectivity index (χ0) is 13.3. The molecule has 0 aliphatic carbocycles. The summed E-state index contributed by atoms with van der Waals surface area (Å²) in [4.78, 5) is 24.2. The lowest BCUT2D eigenvalue weighted by Crippen LogP contribution is -2.50. The van der Waals surface area contributed by atoms with E-state index in [-0.39, 0.29) is 6.42 Å². The third kappa shape index (κ3) is 2.24. The van der Waals surface area contributed by atoms with Crippen LogP contribution in [0.5, 0.6) is 0 Å². The topological polar surface area (TPSA) is 63.4 Å². The lowest BCUT2D eigenvalue weighted by atomic mass is 9.98. The van der Waals surface area contributed by atoms with Gasteiger partial charge in [0.25, 0.3) is 11.8 Å². The summed E-state index contributed by atoms with van der Waals surface area (Å²) < 4.78 is 26.4. The molecule has 2 amide bonds. The molecule has 2 rings (SSSR count). The minimum Gasteiger partial charge on any atom is -0.325 e. The highest BCUT2D eigenvalue weighted by atomic mass is 19.3. The molecule has 0 saturated carbocycles. The summed E-state index contributed by atoms with van der Waals surface area (Å²) in [6.07, 6.45) is -0.0391. The van der Waals surface area contributed by atoms with Gasteiger partial charge >= 0.3 is 0 Å². The molecule has 0 fully saturated rings. The number of hydrogen-bond acceptors (Lipinski definition) is 3. The molecule has 1 aromatic carbocycles. The van der Waals surface area contributed by atoms with E-state index >= 15 is 0 Å². The number of benzene rings is 1. The lowest BCUT2D eigenvalue weighted by molar-refractivity contribution is -0.132. The molecule has 0 unspecified atom stereocenters. The normalized spacial score (nSPS) is 15.8. The maximum absolute atomic E-state index is 13.2. The van der Waals surface area contributed by atoms with E-state index in [1.165, 1.54) is 6.07 Å². The van der Waals surface area contributed by atoms with Crippen LogP contribution in [0.1, 0.15) is 15.9 Å². The third-order valence-electron chi connectivity index (χ3n) is 2.82. The van der Waals surface area contributed by atoms with Crippen LogP contribution in [-0.2, 0) is 11.2 Å². The molecular formula is C12H12F2N2O2. The van der Waals surface area contributed by atoms with Gasteiger partial charge in [-0.1, -0.05) is 18.2 Å². The molecule has 0 bridgehead atoms. The summed E-state index contributed by atoms with van der Waals surface area (Å²) in [5.41, 5.74) is 5.78. The molecule has 96 valence electrons. The largest absolute Gasteiger partial charge is 0.325 e. The summed E-state index contributed by atoms with van der Waals surface area (Å²) in [6.45, 7) is -1.86. The Labute approximate surface area is 102 Å². The van der Waals surface area contributed by atoms with E-state index in [0.29, 0.717) is 16.0 Å². The van der Waals surface area contributed by atoms with E-state index < -0.39 is 30.8 Å². The molecule has 6 heteroatoms. The van der Waals surface area contributed by atoms with Gasteiger partial charge in [0.15, 0.2) is 0 Å². The monoisotopic (exact) mass is 254 g/mol. The number of imide groups is 1. The second-order valence-electron chi connectivity index (χ2n) is 4.18. The van der Waals surface area contributed by atoms with E-state index in [9.17, 15) is 18.4 Å². The van der Waals surface area contributed by atoms with Crippen molar-refractivity contribution in [2.24, 2.45) is 5.73 Å². The molecule has 1 aliphatic heterocycles. The first-order chi connectivity index (χ1) is 8.44. The maximum atomic E-state index is 13.2. The molecule has 2 N–H and O–H groups in total. The van der Waals surface area contributed by atoms with Crippen molar-refractivity contribution in [2.45, 2.75) is 12.3 Å². The van der Waals surface area contributed by atoms with Crippen LogP contribution in [0.3, 0.4) is 0 Å². The average Bonchev–Trinajstić information content (AvgIpc) is 2.34. The van der Waals surface area contributed by atoms with E-state index in [1.54, 1.807) is 18.2 Å². The summed E-state index contributed by atoms with van der Waals surface area (Å²) in [5, 5.41) is 0. The molecular weight excluding hydrogens is 242 g/mol. The van der Waals surface area contributed by atoms with Gasteiger partial charge in [-0.2, -0.15) is 0 Å². The Bertz CT molecular complexity index is 503. The highest BCUT2D eigenvalue weighted by Gasteiger charge is 2.38. The van der Waals surface area contributed by atoms with E-state index in [4.69, 9.17) is 5.73 Å². The maximum Gasteiger partial charge on any atom is 0.277 e. The summed E-state index contributed by atoms with van der Waals surface area (Å²) >= 11 is 0. The van der Waals surface area contributed by atoms with E-state index in [2.05, 4.69) is 0 Å². The molecule has 0 saturated heterocycles. The first-order valence-corrected chi connectivity index (χ1v) is 5.45. The predicted molar refractivity (Wildman–Crippen MR) is 60.2 cm³/mol. The first kappa shape index (κ1) is 12.6. The Kier molecular flexibility index (Phi) is 3.13. The van der Waals surface area contributed by atoms with Gasteiger partial charge in [-0.3, -0.25) is 14.5 Å². The fraction of sp³-hybridized carbons (Fsp3) is 0.333. The number of rotatable bonds is 3. The second-order valence-corrected chi connectivity index (χ2v) is 4.18. The van der Waals surface area contributed by atoms with Crippen LogP contribution >= 0.6 is 0 Å². The lowest BCUT2D eigenvalue weighted by Gasteiger charge is -2.29. The van der Waals surface area contributed by atoms with Gasteiger partial charge in [0.1, 0.15) is 0 Å². The van der Waals surface area contributed by atoms with Crippen LogP contribution in [0.15, 0.2) is 24.3 Å². The van der Waals surface area contributed by atoms with Crippen LogP contribution in [0.4, 0.5) is 8.78 Å². The van der Waals surface area contributed by atoms with Gasteiger partial charge in [-0.25, -0.2) is 8.78 Å². The number of fused-ring (bicyclic) bond motifs is 1. The number of hydrogen-bond donors (Lipinski definition) is 1. The van der Waals surface area contributed by atoms with Crippen molar-refractivity contribution in [2.75, 3.05) is 13.1 Å². The van der Waals surface area contributed by atoms with Crippen molar-refractivity contribution in [3.05, 3.63) is 35.4 Å². The number of nitrogens with two attached hydrogens (primary N) is 1. The Hall–Kier alpha value is -1.82. The Morgan fingerprint density at radius 3 is 2.61 bits per heavy atom. The minimum atomic E-state index is -3.25. The van der Waals surface area contributed by atoms with Crippen LogP contribution < -0.4 is 5.73 Å². The Morgan fingerprint density at radius 1 is 1.28 bits per heavy atom. The quantitative estimate of drug-likeness (QED) is 0.812. The standard InChI is InChI=1S/C12H12F2N2O2/c13-12(14,6-15)7-16-10(17)5-8-3-1-2-4-9(8)11(16)18/h1-4H,5-7,15H2. The zero-order valence-electron chi connectivity index (χ0n) is 9.53. The van der Waals surface area contributed by atoms with Gasteiger partial charge in [0, 0.05) is 5.56 Å². The number of nitrogens with zero attached hydrogens (tertiary/aromatic N) is 1. The molecule has 0 radical (unpaired) electrons. The molecule has 1 aromatic rings. The number of alkyl halides is 2. The second kappa shape index (κ2) is 4.45. The first-order valence-electron chi connectivity index (χ1n) is 5.45. The number of halogens is 2. The molecule has 1 aliphatic rings. The van der Waals surface area contributed by atoms with Crippen molar-refractivity contribution in [3.8, 4) is 0 Å². The van der Waals surface area contributed by atoms with Gasteiger partial charge < -0.3 is 5.73 Å².